The molecule has 0 aromatic heterocycles. The van der Waals surface area contributed by atoms with Crippen LogP contribution in [0.4, 0.5) is 0 Å². The highest BCUT2D eigenvalue weighted by Crippen LogP contribution is 2.20. The van der Waals surface area contributed by atoms with Crippen LogP contribution >= 0.6 is 0 Å². The average molecular weight is 249 g/mol. The zero-order valence-corrected chi connectivity index (χ0v) is 12.6. The molecule has 2 unspecified atom stereocenters. The second-order valence-electron chi connectivity index (χ2n) is 5.81. The first-order valence-electron chi connectivity index (χ1n) is 6.72. The quantitative estimate of drug-likeness (QED) is 0.827. The Morgan fingerprint density at radius 1 is 1.22 bits per heavy atom. The second-order valence-corrected chi connectivity index (χ2v) is 5.81. The van der Waals surface area contributed by atoms with E-state index in [2.05, 4.69) is 64.2 Å². The molecule has 0 radical (unpaired) electrons. The molecule has 1 rings (SSSR count). The van der Waals surface area contributed by atoms with Crippen molar-refractivity contribution >= 4 is 0 Å². The third-order valence-corrected chi connectivity index (χ3v) is 3.54. The van der Waals surface area contributed by atoms with Crippen LogP contribution in [0.1, 0.15) is 51.3 Å². The normalized spacial score (nSPS) is 15.4. The highest BCUT2D eigenvalue weighted by Gasteiger charge is 2.21. The van der Waals surface area contributed by atoms with Crippen LogP contribution in [0, 0.1) is 6.92 Å². The molecule has 0 saturated heterocycles. The van der Waals surface area contributed by atoms with Crippen molar-refractivity contribution < 1.29 is 4.74 Å². The number of hydrogen-bond donors (Lipinski definition) is 1. The zero-order valence-electron chi connectivity index (χ0n) is 12.6. The van der Waals surface area contributed by atoms with Gasteiger partial charge in [0.25, 0.3) is 0 Å². The molecule has 102 valence electrons. The molecule has 2 atom stereocenters. The summed E-state index contributed by atoms with van der Waals surface area (Å²) < 4.78 is 5.48. The van der Waals surface area contributed by atoms with Gasteiger partial charge in [-0.15, -0.1) is 0 Å². The maximum Gasteiger partial charge on any atom is 0.0637 e. The van der Waals surface area contributed by atoms with E-state index in [4.69, 9.17) is 4.74 Å². The van der Waals surface area contributed by atoms with Crippen LogP contribution in [-0.2, 0) is 4.74 Å². The fraction of sp³-hybridized carbons (Fsp3) is 0.625. The lowest BCUT2D eigenvalue weighted by molar-refractivity contribution is 0.00782. The van der Waals surface area contributed by atoms with Gasteiger partial charge in [0.15, 0.2) is 0 Å². The minimum absolute atomic E-state index is 0.0716. The summed E-state index contributed by atoms with van der Waals surface area (Å²) in [5.74, 6) is 0. The SMILES string of the molecule is COC(C)(C)CC(C)NC(C)c1ccccc1C. The van der Waals surface area contributed by atoms with Gasteiger partial charge < -0.3 is 10.1 Å². The Balaban J connectivity index is 2.60. The van der Waals surface area contributed by atoms with Gasteiger partial charge in [0.1, 0.15) is 0 Å². The third-order valence-electron chi connectivity index (χ3n) is 3.54. The fourth-order valence-corrected chi connectivity index (χ4v) is 2.47. The van der Waals surface area contributed by atoms with Gasteiger partial charge in [-0.1, -0.05) is 24.3 Å². The fourth-order valence-electron chi connectivity index (χ4n) is 2.47. The molecule has 18 heavy (non-hydrogen) atoms. The Kier molecular flexibility index (Phi) is 5.36. The number of rotatable bonds is 6. The molecule has 1 aromatic rings. The third kappa shape index (κ3) is 4.43. The van der Waals surface area contributed by atoms with Gasteiger partial charge in [-0.05, 0) is 52.2 Å². The van der Waals surface area contributed by atoms with E-state index >= 15 is 0 Å². The molecule has 0 fully saturated rings. The second kappa shape index (κ2) is 6.35. The predicted molar refractivity (Wildman–Crippen MR) is 77.9 cm³/mol. The van der Waals surface area contributed by atoms with Crippen LogP contribution in [0.2, 0.25) is 0 Å². The average Bonchev–Trinajstić information content (AvgIpc) is 2.28. The summed E-state index contributed by atoms with van der Waals surface area (Å²) in [4.78, 5) is 0. The van der Waals surface area contributed by atoms with E-state index in [0.29, 0.717) is 12.1 Å². The van der Waals surface area contributed by atoms with E-state index in [1.165, 1.54) is 11.1 Å². The summed E-state index contributed by atoms with van der Waals surface area (Å²) in [5, 5.41) is 3.65. The molecule has 0 amide bonds. The summed E-state index contributed by atoms with van der Waals surface area (Å²) in [7, 11) is 1.78. The van der Waals surface area contributed by atoms with Crippen molar-refractivity contribution in [3.63, 3.8) is 0 Å². The van der Waals surface area contributed by atoms with Crippen molar-refractivity contribution in [3.8, 4) is 0 Å². The minimum atomic E-state index is -0.0716. The van der Waals surface area contributed by atoms with Crippen molar-refractivity contribution in [1.29, 1.82) is 0 Å². The van der Waals surface area contributed by atoms with Crippen molar-refractivity contribution in [3.05, 3.63) is 35.4 Å². The Labute approximate surface area is 112 Å². The van der Waals surface area contributed by atoms with Crippen molar-refractivity contribution in [2.75, 3.05) is 7.11 Å². The Morgan fingerprint density at radius 2 is 1.83 bits per heavy atom. The first kappa shape index (κ1) is 15.2. The van der Waals surface area contributed by atoms with Gasteiger partial charge >= 0.3 is 0 Å². The van der Waals surface area contributed by atoms with Crippen LogP contribution in [0.15, 0.2) is 24.3 Å². The van der Waals surface area contributed by atoms with E-state index in [9.17, 15) is 0 Å². The molecule has 0 spiro atoms. The maximum atomic E-state index is 5.48. The van der Waals surface area contributed by atoms with E-state index in [1.54, 1.807) is 7.11 Å². The van der Waals surface area contributed by atoms with Crippen molar-refractivity contribution in [2.45, 2.75) is 58.7 Å². The first-order valence-corrected chi connectivity index (χ1v) is 6.72. The number of benzene rings is 1. The lowest BCUT2D eigenvalue weighted by atomic mass is 9.97. The molecule has 0 aliphatic heterocycles. The monoisotopic (exact) mass is 249 g/mol. The van der Waals surface area contributed by atoms with Gasteiger partial charge in [0, 0.05) is 19.2 Å². The standard InChI is InChI=1S/C16H27NO/c1-12-9-7-8-10-15(12)14(3)17-13(2)11-16(4,5)18-6/h7-10,13-14,17H,11H2,1-6H3. The predicted octanol–water partition coefficient (Wildman–Crippen LogP) is 3.85. The molecule has 0 heterocycles. The smallest absolute Gasteiger partial charge is 0.0637 e. The zero-order chi connectivity index (χ0) is 13.8. The highest BCUT2D eigenvalue weighted by molar-refractivity contribution is 5.28. The topological polar surface area (TPSA) is 21.3 Å². The van der Waals surface area contributed by atoms with Gasteiger partial charge in [-0.3, -0.25) is 0 Å². The largest absolute Gasteiger partial charge is 0.379 e. The molecule has 0 saturated carbocycles. The summed E-state index contributed by atoms with van der Waals surface area (Å²) in [6.07, 6.45) is 1.000. The van der Waals surface area contributed by atoms with Gasteiger partial charge in [-0.25, -0.2) is 0 Å². The van der Waals surface area contributed by atoms with Gasteiger partial charge in [0.05, 0.1) is 5.60 Å². The molecule has 2 nitrogen and oxygen atoms in total. The molecule has 0 aliphatic carbocycles. The van der Waals surface area contributed by atoms with Crippen LogP contribution in [0.25, 0.3) is 0 Å². The van der Waals surface area contributed by atoms with Crippen LogP contribution < -0.4 is 5.32 Å². The van der Waals surface area contributed by atoms with Crippen molar-refractivity contribution in [1.82, 2.24) is 5.32 Å². The van der Waals surface area contributed by atoms with Crippen LogP contribution in [-0.4, -0.2) is 18.8 Å². The van der Waals surface area contributed by atoms with E-state index in [1.807, 2.05) is 0 Å². The molecular formula is C16H27NO. The highest BCUT2D eigenvalue weighted by atomic mass is 16.5. The van der Waals surface area contributed by atoms with Crippen LogP contribution in [0.5, 0.6) is 0 Å². The number of hydrogen-bond acceptors (Lipinski definition) is 2. The number of nitrogens with one attached hydrogen (secondary N) is 1. The van der Waals surface area contributed by atoms with E-state index < -0.39 is 0 Å². The molecule has 0 aliphatic rings. The molecular weight excluding hydrogens is 222 g/mol. The first-order chi connectivity index (χ1) is 8.35. The van der Waals surface area contributed by atoms with Gasteiger partial charge in [0.2, 0.25) is 0 Å². The Bertz CT molecular complexity index is 373. The van der Waals surface area contributed by atoms with Crippen LogP contribution in [0.3, 0.4) is 0 Å². The Morgan fingerprint density at radius 3 is 2.39 bits per heavy atom. The van der Waals surface area contributed by atoms with Crippen molar-refractivity contribution in [2.24, 2.45) is 0 Å². The summed E-state index contributed by atoms with van der Waals surface area (Å²) >= 11 is 0. The summed E-state index contributed by atoms with van der Waals surface area (Å²) in [6, 6.07) is 9.34. The molecule has 2 heteroatoms. The minimum Gasteiger partial charge on any atom is -0.379 e. The maximum absolute atomic E-state index is 5.48. The molecule has 1 N–H and O–H groups in total. The molecule has 1 aromatic carbocycles. The number of aryl methyl sites for hydroxylation is 1. The summed E-state index contributed by atoms with van der Waals surface area (Å²) in [5.41, 5.74) is 2.65. The lowest BCUT2D eigenvalue weighted by Gasteiger charge is -2.29. The number of ether oxygens (including phenoxy) is 1. The molecule has 0 bridgehead atoms. The summed E-state index contributed by atoms with van der Waals surface area (Å²) in [6.45, 7) is 10.9. The number of methoxy groups -OCH3 is 1. The van der Waals surface area contributed by atoms with E-state index in [-0.39, 0.29) is 5.60 Å². The van der Waals surface area contributed by atoms with E-state index in [0.717, 1.165) is 6.42 Å². The Hall–Kier alpha value is -0.860. The lowest BCUT2D eigenvalue weighted by Crippen LogP contribution is -2.37. The van der Waals surface area contributed by atoms with Gasteiger partial charge in [-0.2, -0.15) is 0 Å².